The van der Waals surface area contributed by atoms with Crippen molar-refractivity contribution in [2.24, 2.45) is 0 Å². The van der Waals surface area contributed by atoms with Crippen molar-refractivity contribution in [2.75, 3.05) is 20.3 Å². The summed E-state index contributed by atoms with van der Waals surface area (Å²) in [5.41, 5.74) is 0.413. The van der Waals surface area contributed by atoms with Gasteiger partial charge in [0.2, 0.25) is 0 Å². The summed E-state index contributed by atoms with van der Waals surface area (Å²) in [5, 5.41) is 0.318. The summed E-state index contributed by atoms with van der Waals surface area (Å²) in [5.74, 6) is -1.40. The van der Waals surface area contributed by atoms with Crippen LogP contribution in [0.3, 0.4) is 0 Å². The van der Waals surface area contributed by atoms with Gasteiger partial charge in [-0.15, -0.1) is 17.6 Å². The Kier molecular flexibility index (Phi) is 9.72. The maximum absolute atomic E-state index is 14.0. The summed E-state index contributed by atoms with van der Waals surface area (Å²) in [6.45, 7) is 0.362. The first kappa shape index (κ1) is 33.3. The Morgan fingerprint density at radius 2 is 1.44 bits per heavy atom. The van der Waals surface area contributed by atoms with Gasteiger partial charge in [-0.2, -0.15) is 17.6 Å². The molecule has 0 unspecified atom stereocenters. The molecule has 234 valence electrons. The van der Waals surface area contributed by atoms with Crippen molar-refractivity contribution in [3.63, 3.8) is 0 Å². The minimum Gasteiger partial charge on any atom is -0.497 e. The summed E-state index contributed by atoms with van der Waals surface area (Å²) < 4.78 is 136. The predicted molar refractivity (Wildman–Crippen MR) is 129 cm³/mol. The lowest BCUT2D eigenvalue weighted by Crippen LogP contribution is -2.46. The van der Waals surface area contributed by atoms with Crippen LogP contribution in [-0.2, 0) is 23.7 Å². The predicted octanol–water partition coefficient (Wildman–Crippen LogP) is 6.22. The normalized spacial score (nSPS) is 12.7. The molecule has 0 atom stereocenters. The van der Waals surface area contributed by atoms with Gasteiger partial charge in [-0.1, -0.05) is 12.6 Å². The Hall–Kier alpha value is -4.22. The minimum atomic E-state index is -5.91. The second kappa shape index (κ2) is 12.6. The van der Waals surface area contributed by atoms with Gasteiger partial charge in [0.1, 0.15) is 17.1 Å². The molecular formula is C26H20F8O9. The largest absolute Gasteiger partial charge is 0.497 e. The Morgan fingerprint density at radius 1 is 0.837 bits per heavy atom. The molecule has 1 aromatic heterocycles. The average molecular weight is 628 g/mol. The molecule has 0 amide bonds. The van der Waals surface area contributed by atoms with Crippen molar-refractivity contribution in [1.29, 1.82) is 0 Å². The summed E-state index contributed by atoms with van der Waals surface area (Å²) >= 11 is 0. The van der Waals surface area contributed by atoms with Crippen molar-refractivity contribution in [2.45, 2.75) is 31.7 Å². The average Bonchev–Trinajstić information content (AvgIpc) is 2.88. The molecule has 17 heteroatoms. The van der Waals surface area contributed by atoms with Crippen LogP contribution in [-0.4, -0.2) is 51.1 Å². The molecule has 0 aliphatic rings. The number of carbonyl (C=O) groups is 1. The van der Waals surface area contributed by atoms with Crippen LogP contribution < -0.4 is 15.1 Å². The van der Waals surface area contributed by atoms with E-state index in [1.54, 1.807) is 25.1 Å². The lowest BCUT2D eigenvalue weighted by molar-refractivity contribution is -0.574. The van der Waals surface area contributed by atoms with Gasteiger partial charge in [0.05, 0.1) is 12.7 Å². The van der Waals surface area contributed by atoms with Gasteiger partial charge in [-0.05, 0) is 48.4 Å². The van der Waals surface area contributed by atoms with Gasteiger partial charge in [-0.3, -0.25) is 0 Å². The van der Waals surface area contributed by atoms with Gasteiger partial charge in [0.15, 0.2) is 13.2 Å². The van der Waals surface area contributed by atoms with Crippen LogP contribution in [0.15, 0.2) is 64.3 Å². The molecule has 0 radical (unpaired) electrons. The zero-order valence-electron chi connectivity index (χ0n) is 21.9. The number of aryl methyl sites for hydroxylation is 1. The molecular weight excluding hydrogens is 608 g/mol. The van der Waals surface area contributed by atoms with Gasteiger partial charge in [0.25, 0.3) is 0 Å². The molecule has 1 heterocycles. The highest BCUT2D eigenvalue weighted by Gasteiger charge is 2.57. The first-order chi connectivity index (χ1) is 19.8. The summed E-state index contributed by atoms with van der Waals surface area (Å²) in [6, 6.07) is 9.73. The second-order valence-corrected chi connectivity index (χ2v) is 8.44. The fourth-order valence-electron chi connectivity index (χ4n) is 3.40. The Labute approximate surface area is 236 Å². The van der Waals surface area contributed by atoms with E-state index in [1.807, 2.05) is 0 Å². The van der Waals surface area contributed by atoms with Crippen LogP contribution in [0.2, 0.25) is 0 Å². The van der Waals surface area contributed by atoms with Crippen LogP contribution >= 0.6 is 0 Å². The molecule has 0 aliphatic heterocycles. The van der Waals surface area contributed by atoms with Gasteiger partial charge < -0.3 is 18.6 Å². The number of fused-ring (bicyclic) bond motifs is 1. The van der Waals surface area contributed by atoms with Crippen LogP contribution in [0.25, 0.3) is 22.1 Å². The van der Waals surface area contributed by atoms with E-state index < -0.39 is 55.4 Å². The Morgan fingerprint density at radius 3 is 2.02 bits per heavy atom. The summed E-state index contributed by atoms with van der Waals surface area (Å²) in [6.07, 6.45) is -21.6. The molecule has 0 saturated carbocycles. The number of benzene rings is 2. The number of methoxy groups -OCH3 is 1. The molecule has 0 spiro atoms. The number of rotatable bonds is 14. The highest BCUT2D eigenvalue weighted by Crippen LogP contribution is 2.37. The monoisotopic (exact) mass is 628 g/mol. The maximum atomic E-state index is 14.0. The molecule has 9 nitrogen and oxygen atoms in total. The smallest absolute Gasteiger partial charge is 0.496 e. The highest BCUT2D eigenvalue weighted by atomic mass is 19.3. The number of halogens is 8. The third-order valence-corrected chi connectivity index (χ3v) is 5.16. The van der Waals surface area contributed by atoms with Crippen molar-refractivity contribution in [3.8, 4) is 22.6 Å². The van der Waals surface area contributed by atoms with E-state index in [9.17, 15) is 44.7 Å². The standard InChI is InChI=1S/C26H20F8O9/c1-4-21(35)39-13-24(29,30)42-26(33,34)43-25(31,32)41-23(27,28)12-38-17-6-5-15-10-19(22(36)40-20(15)11-17)18-8-7-16(37-3)9-14(18)2/h4-11H,1,12-13H2,2-3H3. The molecule has 0 saturated heterocycles. The molecule has 43 heavy (non-hydrogen) atoms. The molecule has 0 aliphatic carbocycles. The van der Waals surface area contributed by atoms with E-state index in [1.165, 1.54) is 19.2 Å². The first-order valence-corrected chi connectivity index (χ1v) is 11.6. The highest BCUT2D eigenvalue weighted by molar-refractivity contribution is 5.83. The van der Waals surface area contributed by atoms with Gasteiger partial charge in [0, 0.05) is 17.5 Å². The second-order valence-electron chi connectivity index (χ2n) is 8.44. The van der Waals surface area contributed by atoms with E-state index >= 15 is 0 Å². The van der Waals surface area contributed by atoms with Crippen LogP contribution in [0.1, 0.15) is 5.56 Å². The molecule has 2 aromatic carbocycles. The zero-order chi connectivity index (χ0) is 32.2. The van der Waals surface area contributed by atoms with Crippen molar-refractivity contribution in [3.05, 3.63) is 71.1 Å². The number of hydrogen-bond donors (Lipinski definition) is 0. The van der Waals surface area contributed by atoms with Crippen molar-refractivity contribution < 1.29 is 72.8 Å². The molecule has 0 bridgehead atoms. The van der Waals surface area contributed by atoms with Gasteiger partial charge in [-0.25, -0.2) is 23.8 Å². The van der Waals surface area contributed by atoms with Crippen molar-refractivity contribution in [1.82, 2.24) is 0 Å². The third-order valence-electron chi connectivity index (χ3n) is 5.16. The van der Waals surface area contributed by atoms with E-state index in [4.69, 9.17) is 9.15 Å². The number of carbonyl (C=O) groups excluding carboxylic acids is 1. The lowest BCUT2D eigenvalue weighted by atomic mass is 10.0. The number of hydrogen-bond acceptors (Lipinski definition) is 9. The summed E-state index contributed by atoms with van der Waals surface area (Å²) in [4.78, 5) is 23.3. The van der Waals surface area contributed by atoms with E-state index in [2.05, 4.69) is 30.3 Å². The third kappa shape index (κ3) is 9.39. The number of alkyl halides is 8. The van der Waals surface area contributed by atoms with Crippen molar-refractivity contribution >= 4 is 16.9 Å². The molecule has 3 aromatic rings. The van der Waals surface area contributed by atoms with Crippen LogP contribution in [0, 0.1) is 6.92 Å². The minimum absolute atomic E-state index is 0.146. The summed E-state index contributed by atoms with van der Waals surface area (Å²) in [7, 11) is 1.47. The first-order valence-electron chi connectivity index (χ1n) is 11.6. The van der Waals surface area contributed by atoms with Gasteiger partial charge >= 0.3 is 36.4 Å². The maximum Gasteiger partial charge on any atom is 0.496 e. The quantitative estimate of drug-likeness (QED) is 0.0677. The van der Waals surface area contributed by atoms with E-state index in [0.29, 0.717) is 28.3 Å². The van der Waals surface area contributed by atoms with E-state index in [-0.39, 0.29) is 11.1 Å². The fraction of sp³-hybridized carbons (Fsp3) is 0.308. The number of ether oxygens (including phenoxy) is 6. The zero-order valence-corrected chi connectivity index (χ0v) is 21.9. The van der Waals surface area contributed by atoms with Crippen LogP contribution in [0.4, 0.5) is 35.1 Å². The Balaban J connectivity index is 1.66. The molecule has 0 N–H and O–H groups in total. The topological polar surface area (TPSA) is 103 Å². The SMILES string of the molecule is C=CC(=O)OCC(F)(F)OC(F)(F)OC(F)(F)OC(F)(F)COc1ccc2cc(-c3ccc(OC)cc3C)c(=O)oc2c1. The number of esters is 1. The fourth-order valence-corrected chi connectivity index (χ4v) is 3.40. The molecule has 0 fully saturated rings. The van der Waals surface area contributed by atoms with Crippen LogP contribution in [0.5, 0.6) is 11.5 Å². The molecule has 3 rings (SSSR count). The lowest BCUT2D eigenvalue weighted by Gasteiger charge is -2.27. The van der Waals surface area contributed by atoms with E-state index in [0.717, 1.165) is 12.1 Å². The Bertz CT molecular complexity index is 1540.